The summed E-state index contributed by atoms with van der Waals surface area (Å²) in [6.07, 6.45) is 3.13. The number of carbonyl (C=O) groups excluding carboxylic acids is 1. The average molecular weight is 406 g/mol. The molecule has 1 aromatic heterocycles. The Morgan fingerprint density at radius 3 is 2.79 bits per heavy atom. The highest BCUT2D eigenvalue weighted by Crippen LogP contribution is 2.38. The summed E-state index contributed by atoms with van der Waals surface area (Å²) in [7, 11) is 1.52. The van der Waals surface area contributed by atoms with Crippen molar-refractivity contribution in [2.24, 2.45) is 0 Å². The first-order chi connectivity index (χ1) is 13.3. The molecule has 1 aliphatic rings. The van der Waals surface area contributed by atoms with E-state index in [4.69, 9.17) is 16.3 Å². The number of carboxylic acid groups (broad SMARTS) is 1. The number of aliphatic carboxylic acids is 1. The number of aromatic nitrogens is 4. The van der Waals surface area contributed by atoms with Gasteiger partial charge in [0.05, 0.1) is 12.2 Å². The molecule has 0 saturated carbocycles. The van der Waals surface area contributed by atoms with Crippen LogP contribution >= 0.6 is 11.6 Å². The molecule has 2 heterocycles. The van der Waals surface area contributed by atoms with Gasteiger partial charge in [0.2, 0.25) is 5.91 Å². The highest BCUT2D eigenvalue weighted by molar-refractivity contribution is 6.30. The second-order valence-electron chi connectivity index (χ2n) is 6.64. The molecule has 3 rings (SSSR count). The highest BCUT2D eigenvalue weighted by Gasteiger charge is 2.42. The molecule has 2 aromatic rings. The largest absolute Gasteiger partial charge is 0.480 e. The fourth-order valence-corrected chi connectivity index (χ4v) is 3.54. The topological polar surface area (TPSA) is 110 Å². The third kappa shape index (κ3) is 3.50. The molecule has 1 aliphatic heterocycles. The molecule has 1 aromatic carbocycles. The van der Waals surface area contributed by atoms with Gasteiger partial charge in [0.25, 0.3) is 0 Å². The fourth-order valence-electron chi connectivity index (χ4n) is 3.37. The lowest BCUT2D eigenvalue weighted by Gasteiger charge is -2.42. The lowest BCUT2D eigenvalue weighted by Crippen LogP contribution is -2.55. The van der Waals surface area contributed by atoms with Crippen molar-refractivity contribution in [3.63, 3.8) is 0 Å². The number of tetrazole rings is 1. The maximum absolute atomic E-state index is 12.8. The summed E-state index contributed by atoms with van der Waals surface area (Å²) in [6.45, 7) is 3.61. The van der Waals surface area contributed by atoms with E-state index >= 15 is 0 Å². The Hall–Kier alpha value is -2.78. The number of ether oxygens (including phenoxy) is 1. The van der Waals surface area contributed by atoms with E-state index in [2.05, 4.69) is 15.5 Å². The molecule has 0 bridgehead atoms. The van der Waals surface area contributed by atoms with E-state index in [0.717, 1.165) is 0 Å². The van der Waals surface area contributed by atoms with Crippen LogP contribution in [-0.4, -0.2) is 67.4 Å². The van der Waals surface area contributed by atoms with E-state index in [1.54, 1.807) is 32.0 Å². The van der Waals surface area contributed by atoms with Crippen molar-refractivity contribution in [1.29, 1.82) is 0 Å². The maximum atomic E-state index is 12.8. The summed E-state index contributed by atoms with van der Waals surface area (Å²) in [6, 6.07) is 4.21. The first-order valence-corrected chi connectivity index (χ1v) is 9.02. The van der Waals surface area contributed by atoms with Gasteiger partial charge in [-0.1, -0.05) is 18.5 Å². The molecule has 28 heavy (non-hydrogen) atoms. The molecule has 9 nitrogen and oxygen atoms in total. The molecule has 1 N–H and O–H groups in total. The van der Waals surface area contributed by atoms with Crippen LogP contribution in [0.3, 0.4) is 0 Å². The van der Waals surface area contributed by atoms with E-state index in [-0.39, 0.29) is 13.0 Å². The van der Waals surface area contributed by atoms with Gasteiger partial charge in [0.1, 0.15) is 18.0 Å². The Labute approximate surface area is 166 Å². The van der Waals surface area contributed by atoms with Gasteiger partial charge >= 0.3 is 5.97 Å². The van der Waals surface area contributed by atoms with Gasteiger partial charge < -0.3 is 14.7 Å². The number of amides is 1. The van der Waals surface area contributed by atoms with Crippen LogP contribution in [0.15, 0.2) is 30.6 Å². The molecule has 148 valence electrons. The summed E-state index contributed by atoms with van der Waals surface area (Å²) in [5.74, 6) is -1.45. The molecule has 1 amide bonds. The number of carbonyl (C=O) groups is 2. The Kier molecular flexibility index (Phi) is 5.48. The molecule has 10 heteroatoms. The molecule has 0 fully saturated rings. The lowest BCUT2D eigenvalue weighted by molar-refractivity contribution is -0.151. The van der Waals surface area contributed by atoms with Crippen molar-refractivity contribution >= 4 is 29.1 Å². The molecular weight excluding hydrogens is 386 g/mol. The van der Waals surface area contributed by atoms with Gasteiger partial charge in [0, 0.05) is 29.3 Å². The van der Waals surface area contributed by atoms with E-state index in [1.165, 1.54) is 29.1 Å². The average Bonchev–Trinajstić information content (AvgIpc) is 3.19. The summed E-state index contributed by atoms with van der Waals surface area (Å²) in [4.78, 5) is 25.7. The van der Waals surface area contributed by atoms with Crippen LogP contribution in [-0.2, 0) is 14.3 Å². The van der Waals surface area contributed by atoms with Crippen LogP contribution in [0.4, 0.5) is 0 Å². The Balaban J connectivity index is 2.15. The molecule has 0 saturated heterocycles. The van der Waals surface area contributed by atoms with Gasteiger partial charge in [0.15, 0.2) is 0 Å². The monoisotopic (exact) mass is 405 g/mol. The van der Waals surface area contributed by atoms with Crippen molar-refractivity contribution in [2.45, 2.75) is 31.9 Å². The summed E-state index contributed by atoms with van der Waals surface area (Å²) < 4.78 is 7.22. The van der Waals surface area contributed by atoms with Gasteiger partial charge in [-0.15, -0.1) is 5.10 Å². The summed E-state index contributed by atoms with van der Waals surface area (Å²) in [5, 5.41) is 21.2. The molecular formula is C18H20ClN5O4. The fraction of sp³-hybridized carbons (Fsp3) is 0.389. The normalized spacial score (nSPS) is 20.8. The van der Waals surface area contributed by atoms with Crippen LogP contribution in [0, 0.1) is 0 Å². The molecule has 2 unspecified atom stereocenters. The number of methoxy groups -OCH3 is 1. The lowest BCUT2D eigenvalue weighted by atomic mass is 9.84. The molecule has 0 spiro atoms. The van der Waals surface area contributed by atoms with Crippen LogP contribution < -0.4 is 0 Å². The van der Waals surface area contributed by atoms with Crippen molar-refractivity contribution in [1.82, 2.24) is 25.1 Å². The van der Waals surface area contributed by atoms with Crippen molar-refractivity contribution in [3.05, 3.63) is 41.2 Å². The Bertz CT molecular complexity index is 930. The van der Waals surface area contributed by atoms with Crippen molar-refractivity contribution in [3.8, 4) is 5.69 Å². The number of rotatable bonds is 6. The van der Waals surface area contributed by atoms with E-state index < -0.39 is 23.5 Å². The third-order valence-corrected chi connectivity index (χ3v) is 5.17. The van der Waals surface area contributed by atoms with Crippen molar-refractivity contribution < 1.29 is 19.4 Å². The Morgan fingerprint density at radius 1 is 1.46 bits per heavy atom. The number of hydrogen-bond acceptors (Lipinski definition) is 6. The summed E-state index contributed by atoms with van der Waals surface area (Å²) >= 11 is 6.21. The van der Waals surface area contributed by atoms with E-state index in [1.807, 2.05) is 0 Å². The predicted octanol–water partition coefficient (Wildman–Crippen LogP) is 1.81. The first kappa shape index (κ1) is 20.0. The smallest absolute Gasteiger partial charge is 0.326 e. The van der Waals surface area contributed by atoms with Gasteiger partial charge in [-0.3, -0.25) is 4.79 Å². The number of nitrogens with zero attached hydrogens (tertiary/aromatic N) is 5. The molecule has 2 atom stereocenters. The zero-order valence-corrected chi connectivity index (χ0v) is 16.4. The van der Waals surface area contributed by atoms with Crippen LogP contribution in [0.25, 0.3) is 11.3 Å². The Morgan fingerprint density at radius 2 is 2.21 bits per heavy atom. The molecule has 0 radical (unpaired) electrons. The number of halogens is 1. The second kappa shape index (κ2) is 7.69. The zero-order valence-electron chi connectivity index (χ0n) is 15.7. The standard InChI is InChI=1S/C18H20ClN5O4/c1-4-14(17(26)27)23-9-18(2,28-3)13(8-16(23)25)12-7-11(19)5-6-15(12)24-10-20-21-22-24/h5-8,10,14H,4,9H2,1-3H3,(H,26,27). The number of benzene rings is 1. The van der Waals surface area contributed by atoms with Crippen LogP contribution in [0.5, 0.6) is 0 Å². The van der Waals surface area contributed by atoms with E-state index in [0.29, 0.717) is 21.8 Å². The van der Waals surface area contributed by atoms with E-state index in [9.17, 15) is 14.7 Å². The highest BCUT2D eigenvalue weighted by atomic mass is 35.5. The van der Waals surface area contributed by atoms with Crippen LogP contribution in [0.2, 0.25) is 5.02 Å². The predicted molar refractivity (Wildman–Crippen MR) is 101 cm³/mol. The number of carboxylic acids is 1. The minimum Gasteiger partial charge on any atom is -0.480 e. The molecule has 0 aliphatic carbocycles. The third-order valence-electron chi connectivity index (χ3n) is 4.94. The van der Waals surface area contributed by atoms with Crippen LogP contribution in [0.1, 0.15) is 25.8 Å². The summed E-state index contributed by atoms with van der Waals surface area (Å²) in [5.41, 5.74) is 0.866. The number of hydrogen-bond donors (Lipinski definition) is 1. The second-order valence-corrected chi connectivity index (χ2v) is 7.07. The first-order valence-electron chi connectivity index (χ1n) is 8.64. The van der Waals surface area contributed by atoms with Crippen molar-refractivity contribution in [2.75, 3.05) is 13.7 Å². The van der Waals surface area contributed by atoms with Gasteiger partial charge in [-0.05, 0) is 42.0 Å². The quantitative estimate of drug-likeness (QED) is 0.780. The van der Waals surface area contributed by atoms with Gasteiger partial charge in [-0.25, -0.2) is 4.79 Å². The maximum Gasteiger partial charge on any atom is 0.326 e. The minimum atomic E-state index is -1.05. The zero-order chi connectivity index (χ0) is 20.5. The minimum absolute atomic E-state index is 0.0839. The van der Waals surface area contributed by atoms with Gasteiger partial charge in [-0.2, -0.15) is 4.68 Å². The SMILES string of the molecule is CCC(C(=O)O)N1CC(C)(OC)C(c2cc(Cl)ccc2-n2cnnn2)=CC1=O.